The first-order valence-electron chi connectivity index (χ1n) is 5.61. The second-order valence-electron chi connectivity index (χ2n) is 4.49. The minimum Gasteiger partial charge on any atom is -0.393 e. The molecular formula is C10H20N2O3. The Balaban J connectivity index is 0.000000337. The molecule has 1 aliphatic carbocycles. The van der Waals surface area contributed by atoms with Gasteiger partial charge in [-0.15, -0.1) is 4.91 Å². The summed E-state index contributed by atoms with van der Waals surface area (Å²) in [6.07, 6.45) is 7.27. The van der Waals surface area contributed by atoms with Crippen molar-refractivity contribution < 1.29 is 10.3 Å². The Morgan fingerprint density at radius 1 is 1.27 bits per heavy atom. The quantitative estimate of drug-likeness (QED) is 0.422. The average molecular weight is 216 g/mol. The van der Waals surface area contributed by atoms with E-state index in [-0.39, 0.29) is 11.5 Å². The van der Waals surface area contributed by atoms with Crippen molar-refractivity contribution >= 4 is 0 Å². The van der Waals surface area contributed by atoms with Crippen molar-refractivity contribution in [1.29, 1.82) is 0 Å². The van der Waals surface area contributed by atoms with Crippen LogP contribution in [0.2, 0.25) is 0 Å². The van der Waals surface area contributed by atoms with Gasteiger partial charge in [0.2, 0.25) is 0 Å². The molecule has 1 saturated carbocycles. The van der Waals surface area contributed by atoms with Crippen molar-refractivity contribution in [3.05, 3.63) is 4.91 Å². The maximum atomic E-state index is 9.94. The zero-order chi connectivity index (χ0) is 11.1. The van der Waals surface area contributed by atoms with Crippen molar-refractivity contribution in [2.45, 2.75) is 44.6 Å². The lowest BCUT2D eigenvalue weighted by atomic mass is 9.68. The van der Waals surface area contributed by atoms with Gasteiger partial charge in [-0.25, -0.2) is 0 Å². The van der Waals surface area contributed by atoms with Gasteiger partial charge in [-0.1, -0.05) is 12.8 Å². The van der Waals surface area contributed by atoms with Crippen LogP contribution in [-0.2, 0) is 0 Å². The second-order valence-corrected chi connectivity index (χ2v) is 4.49. The van der Waals surface area contributed by atoms with Crippen LogP contribution in [-0.4, -0.2) is 29.5 Å². The van der Waals surface area contributed by atoms with Crippen LogP contribution in [0.4, 0.5) is 0 Å². The molecule has 15 heavy (non-hydrogen) atoms. The van der Waals surface area contributed by atoms with E-state index in [2.05, 4.69) is 5.32 Å². The smallest absolute Gasteiger partial charge is 0.152 e. The summed E-state index contributed by atoms with van der Waals surface area (Å²) < 4.78 is 0. The van der Waals surface area contributed by atoms with Crippen LogP contribution in [0.15, 0.2) is 5.34 Å². The van der Waals surface area contributed by atoms with Crippen molar-refractivity contribution in [1.82, 2.24) is 5.32 Å². The SMILES string of the molecule is O=NO.O[C@@H]1CCCC[C@@]12CCCNC2. The molecule has 2 fully saturated rings. The third-order valence-corrected chi connectivity index (χ3v) is 3.61. The van der Waals surface area contributed by atoms with E-state index in [9.17, 15) is 5.11 Å². The molecule has 5 heteroatoms. The minimum absolute atomic E-state index is 0.0287. The molecule has 0 unspecified atom stereocenters. The van der Waals surface area contributed by atoms with Gasteiger partial charge in [0.05, 0.1) is 6.10 Å². The molecule has 5 nitrogen and oxygen atoms in total. The molecule has 2 aliphatic rings. The lowest BCUT2D eigenvalue weighted by molar-refractivity contribution is -0.0271. The maximum absolute atomic E-state index is 9.94. The molecule has 0 amide bonds. The fourth-order valence-corrected chi connectivity index (χ4v) is 2.78. The third kappa shape index (κ3) is 3.14. The van der Waals surface area contributed by atoms with Gasteiger partial charge >= 0.3 is 0 Å². The van der Waals surface area contributed by atoms with Crippen LogP contribution in [0.1, 0.15) is 38.5 Å². The molecule has 1 saturated heterocycles. The molecule has 1 spiro atoms. The van der Waals surface area contributed by atoms with Crippen LogP contribution < -0.4 is 5.32 Å². The first-order valence-corrected chi connectivity index (χ1v) is 5.61. The first kappa shape index (κ1) is 12.4. The summed E-state index contributed by atoms with van der Waals surface area (Å²) in [5, 5.41) is 21.2. The lowest BCUT2D eigenvalue weighted by Gasteiger charge is -2.44. The van der Waals surface area contributed by atoms with E-state index in [1.165, 1.54) is 37.4 Å². The minimum atomic E-state index is -0.0287. The average Bonchev–Trinajstić information content (AvgIpc) is 2.25. The Hall–Kier alpha value is -0.680. The van der Waals surface area contributed by atoms with Crippen molar-refractivity contribution in [3.63, 3.8) is 0 Å². The summed E-state index contributed by atoms with van der Waals surface area (Å²) in [7, 11) is 0. The van der Waals surface area contributed by atoms with Crippen LogP contribution >= 0.6 is 0 Å². The molecule has 0 bridgehead atoms. The fourth-order valence-electron chi connectivity index (χ4n) is 2.78. The van der Waals surface area contributed by atoms with Crippen molar-refractivity contribution in [3.8, 4) is 0 Å². The van der Waals surface area contributed by atoms with Gasteiger partial charge in [-0.05, 0) is 32.2 Å². The summed E-state index contributed by atoms with van der Waals surface area (Å²) in [5.41, 5.74) is 0.260. The van der Waals surface area contributed by atoms with E-state index < -0.39 is 0 Å². The van der Waals surface area contributed by atoms with Gasteiger partial charge < -0.3 is 15.6 Å². The summed E-state index contributed by atoms with van der Waals surface area (Å²) in [5.74, 6) is 0. The monoisotopic (exact) mass is 216 g/mol. The molecule has 88 valence electrons. The largest absolute Gasteiger partial charge is 0.393 e. The molecule has 3 N–H and O–H groups in total. The maximum Gasteiger partial charge on any atom is 0.152 e. The zero-order valence-corrected chi connectivity index (χ0v) is 8.98. The first-order chi connectivity index (χ1) is 7.25. The summed E-state index contributed by atoms with van der Waals surface area (Å²) >= 11 is 0. The molecule has 0 aromatic rings. The molecule has 0 aromatic heterocycles. The normalized spacial score (nSPS) is 35.4. The predicted octanol–water partition coefficient (Wildman–Crippen LogP) is 1.43. The van der Waals surface area contributed by atoms with E-state index in [4.69, 9.17) is 10.1 Å². The van der Waals surface area contributed by atoms with E-state index >= 15 is 0 Å². The number of hydrogen-bond donors (Lipinski definition) is 3. The van der Waals surface area contributed by atoms with Crippen LogP contribution in [0, 0.1) is 10.3 Å². The number of hydrogen-bond acceptors (Lipinski definition) is 4. The molecule has 1 heterocycles. The van der Waals surface area contributed by atoms with Gasteiger partial charge in [0.1, 0.15) is 0 Å². The standard InChI is InChI=1S/C10H19NO.HNO2/c12-9-4-1-2-5-10(9)6-3-7-11-8-10;2-1-3/h9,11-12H,1-8H2;(H,2,3)/t9-,10+;/m1./s1. The molecule has 0 aromatic carbocycles. The Morgan fingerprint density at radius 2 is 1.93 bits per heavy atom. The molecule has 1 aliphatic heterocycles. The summed E-state index contributed by atoms with van der Waals surface area (Å²) in [4.78, 5) is 8.11. The van der Waals surface area contributed by atoms with Gasteiger partial charge in [0, 0.05) is 12.0 Å². The van der Waals surface area contributed by atoms with E-state index in [1.807, 2.05) is 0 Å². The topological polar surface area (TPSA) is 81.9 Å². The Kier molecular flexibility index (Phi) is 4.98. The number of nitrogens with one attached hydrogen (secondary N) is 1. The van der Waals surface area contributed by atoms with Crippen LogP contribution in [0.3, 0.4) is 0 Å². The highest BCUT2D eigenvalue weighted by Gasteiger charge is 2.40. The van der Waals surface area contributed by atoms with Crippen molar-refractivity contribution in [2.75, 3.05) is 13.1 Å². The van der Waals surface area contributed by atoms with Gasteiger partial charge in [-0.3, -0.25) is 0 Å². The summed E-state index contributed by atoms with van der Waals surface area (Å²) in [6, 6.07) is 0. The fraction of sp³-hybridized carbons (Fsp3) is 1.00. The second kappa shape index (κ2) is 6.02. The predicted molar refractivity (Wildman–Crippen MR) is 56.6 cm³/mol. The zero-order valence-electron chi connectivity index (χ0n) is 8.98. The lowest BCUT2D eigenvalue weighted by Crippen LogP contribution is -2.49. The highest BCUT2D eigenvalue weighted by molar-refractivity contribution is 4.93. The van der Waals surface area contributed by atoms with Gasteiger partial charge in [0.25, 0.3) is 0 Å². The van der Waals surface area contributed by atoms with Gasteiger partial charge in [-0.2, -0.15) is 0 Å². The number of aliphatic hydroxyl groups excluding tert-OH is 1. The Bertz CT molecular complexity index is 185. The molecule has 0 radical (unpaired) electrons. The van der Waals surface area contributed by atoms with E-state index in [0.717, 1.165) is 19.5 Å². The highest BCUT2D eigenvalue weighted by Crippen LogP contribution is 2.41. The van der Waals surface area contributed by atoms with Crippen LogP contribution in [0.25, 0.3) is 0 Å². The molecular weight excluding hydrogens is 196 g/mol. The Labute approximate surface area is 89.8 Å². The van der Waals surface area contributed by atoms with Crippen molar-refractivity contribution in [2.24, 2.45) is 10.8 Å². The third-order valence-electron chi connectivity index (χ3n) is 3.61. The molecule has 2 atom stereocenters. The summed E-state index contributed by atoms with van der Waals surface area (Å²) in [6.45, 7) is 2.20. The molecule has 2 rings (SSSR count). The van der Waals surface area contributed by atoms with E-state index in [1.54, 1.807) is 0 Å². The number of rotatable bonds is 0. The highest BCUT2D eigenvalue weighted by atomic mass is 16.6. The Morgan fingerprint density at radius 3 is 2.47 bits per heavy atom. The van der Waals surface area contributed by atoms with Crippen LogP contribution in [0.5, 0.6) is 0 Å². The van der Waals surface area contributed by atoms with E-state index in [0.29, 0.717) is 0 Å². The van der Waals surface area contributed by atoms with Gasteiger partial charge in [0.15, 0.2) is 5.34 Å². The number of nitrogens with zero attached hydrogens (tertiary/aromatic N) is 1. The number of piperidine rings is 1. The number of aliphatic hydroxyl groups is 1.